The number of aliphatic hydroxyl groups excluding tert-OH is 1. The normalized spacial score (nSPS) is 16.7. The van der Waals surface area contributed by atoms with Gasteiger partial charge in [0.25, 0.3) is 0 Å². The molecule has 0 spiro atoms. The van der Waals surface area contributed by atoms with E-state index in [-0.39, 0.29) is 17.0 Å². The number of Topliss-reactive ketones (excluding diaryl/α,β-unsaturated/α-hetero) is 1. The van der Waals surface area contributed by atoms with Gasteiger partial charge in [-0.2, -0.15) is 0 Å². The molecule has 1 N–H and O–H groups in total. The highest BCUT2D eigenvalue weighted by atomic mass is 32.2. The molecule has 0 amide bonds. The van der Waals surface area contributed by atoms with E-state index in [1.54, 1.807) is 11.8 Å². The van der Waals surface area contributed by atoms with Crippen molar-refractivity contribution < 1.29 is 9.90 Å². The number of aliphatic hydroxyl groups is 1. The average Bonchev–Trinajstić information content (AvgIpc) is 3.36. The predicted octanol–water partition coefficient (Wildman–Crippen LogP) is 4.42. The van der Waals surface area contributed by atoms with Gasteiger partial charge in [0, 0.05) is 21.0 Å². The van der Waals surface area contributed by atoms with Crippen LogP contribution in [-0.2, 0) is 4.79 Å². The Hall–Kier alpha value is -1.23. The minimum absolute atomic E-state index is 0.117. The first-order valence-corrected chi connectivity index (χ1v) is 9.60. The Morgan fingerprint density at radius 1 is 1.00 bits per heavy atom. The van der Waals surface area contributed by atoms with Crippen molar-refractivity contribution in [3.63, 3.8) is 0 Å². The summed E-state index contributed by atoms with van der Waals surface area (Å²) in [5.41, 5.74) is 0. The summed E-state index contributed by atoms with van der Waals surface area (Å²) in [6.45, 7) is 0. The fourth-order valence-corrected chi connectivity index (χ4v) is 4.57. The zero-order chi connectivity index (χ0) is 16.1. The Kier molecular flexibility index (Phi) is 5.46. The summed E-state index contributed by atoms with van der Waals surface area (Å²) in [4.78, 5) is 14.4. The molecule has 0 unspecified atom stereocenters. The molecule has 0 radical (unpaired) electrons. The van der Waals surface area contributed by atoms with Crippen molar-refractivity contribution >= 4 is 29.3 Å². The predicted molar refractivity (Wildman–Crippen MR) is 97.1 cm³/mol. The molecule has 4 heteroatoms. The first-order chi connectivity index (χ1) is 11.2. The van der Waals surface area contributed by atoms with Crippen LogP contribution in [-0.4, -0.2) is 27.5 Å². The second-order valence-corrected chi connectivity index (χ2v) is 8.38. The lowest BCUT2D eigenvalue weighted by Gasteiger charge is -2.21. The standard InChI is InChI=1S/C19H20O2S2/c20-15(14-22-16-7-3-1-4-8-16)13-18(21)19(11-12-19)23-17-9-5-2-6-10-17/h1-10,18,21H,11-14H2/t18-/m1/s1. The third-order valence-corrected chi connectivity index (χ3v) is 6.64. The highest BCUT2D eigenvalue weighted by molar-refractivity contribution is 8.01. The molecule has 1 saturated carbocycles. The van der Waals surface area contributed by atoms with Crippen molar-refractivity contribution in [1.29, 1.82) is 0 Å². The molecule has 1 fully saturated rings. The molecule has 3 rings (SSSR count). The highest BCUT2D eigenvalue weighted by Gasteiger charge is 2.50. The fourth-order valence-electron chi connectivity index (χ4n) is 2.49. The van der Waals surface area contributed by atoms with Crippen LogP contribution < -0.4 is 0 Å². The van der Waals surface area contributed by atoms with Crippen molar-refractivity contribution in [2.24, 2.45) is 0 Å². The molecule has 0 saturated heterocycles. The Bertz CT molecular complexity index is 639. The van der Waals surface area contributed by atoms with Gasteiger partial charge in [-0.3, -0.25) is 4.79 Å². The summed E-state index contributed by atoms with van der Waals surface area (Å²) in [5, 5.41) is 10.5. The van der Waals surface area contributed by atoms with Crippen molar-refractivity contribution in [3.8, 4) is 0 Å². The minimum Gasteiger partial charge on any atom is -0.391 e. The van der Waals surface area contributed by atoms with E-state index in [4.69, 9.17) is 0 Å². The summed E-state index contributed by atoms with van der Waals surface area (Å²) in [6.07, 6.45) is 1.65. The van der Waals surface area contributed by atoms with Crippen LogP contribution in [0.2, 0.25) is 0 Å². The van der Waals surface area contributed by atoms with Crippen LogP contribution in [0.25, 0.3) is 0 Å². The first kappa shape index (κ1) is 16.6. The molecular formula is C19H20O2S2. The largest absolute Gasteiger partial charge is 0.391 e. The van der Waals surface area contributed by atoms with Crippen LogP contribution in [0, 0.1) is 0 Å². The lowest BCUT2D eigenvalue weighted by molar-refractivity contribution is -0.118. The number of benzene rings is 2. The number of ketones is 1. The van der Waals surface area contributed by atoms with Crippen LogP contribution in [0.1, 0.15) is 19.3 Å². The number of carbonyl (C=O) groups is 1. The maximum Gasteiger partial charge on any atom is 0.145 e. The smallest absolute Gasteiger partial charge is 0.145 e. The van der Waals surface area contributed by atoms with Gasteiger partial charge in [-0.05, 0) is 37.1 Å². The molecular weight excluding hydrogens is 324 g/mol. The summed E-state index contributed by atoms with van der Waals surface area (Å²) >= 11 is 3.25. The van der Waals surface area contributed by atoms with Gasteiger partial charge in [0.15, 0.2) is 0 Å². The molecule has 2 nitrogen and oxygen atoms in total. The van der Waals surface area contributed by atoms with E-state index in [0.717, 1.165) is 22.6 Å². The molecule has 1 atom stereocenters. The monoisotopic (exact) mass is 344 g/mol. The van der Waals surface area contributed by atoms with E-state index < -0.39 is 6.10 Å². The number of rotatable bonds is 8. The minimum atomic E-state index is -0.559. The van der Waals surface area contributed by atoms with E-state index in [1.165, 1.54) is 11.8 Å². The molecule has 0 bridgehead atoms. The van der Waals surface area contributed by atoms with Crippen molar-refractivity contribution in [3.05, 3.63) is 60.7 Å². The maximum absolute atomic E-state index is 12.2. The molecule has 23 heavy (non-hydrogen) atoms. The van der Waals surface area contributed by atoms with Crippen molar-refractivity contribution in [1.82, 2.24) is 0 Å². The summed E-state index contributed by atoms with van der Waals surface area (Å²) < 4.78 is -0.158. The average molecular weight is 345 g/mol. The molecule has 120 valence electrons. The van der Waals surface area contributed by atoms with Gasteiger partial charge < -0.3 is 5.11 Å². The van der Waals surface area contributed by atoms with E-state index in [2.05, 4.69) is 12.1 Å². The van der Waals surface area contributed by atoms with Crippen LogP contribution in [0.5, 0.6) is 0 Å². The molecule has 1 aliphatic carbocycles. The fraction of sp³-hybridized carbons (Fsp3) is 0.316. The summed E-state index contributed by atoms with van der Waals surface area (Å²) in [7, 11) is 0. The quantitative estimate of drug-likeness (QED) is 0.719. The molecule has 0 heterocycles. The summed E-state index contributed by atoms with van der Waals surface area (Å²) in [6, 6.07) is 20.0. The second kappa shape index (κ2) is 7.56. The number of hydrogen-bond donors (Lipinski definition) is 1. The number of carbonyl (C=O) groups excluding carboxylic acids is 1. The van der Waals surface area contributed by atoms with Crippen LogP contribution in [0.3, 0.4) is 0 Å². The van der Waals surface area contributed by atoms with Gasteiger partial charge in [0.2, 0.25) is 0 Å². The molecule has 2 aromatic rings. The van der Waals surface area contributed by atoms with Crippen LogP contribution in [0.15, 0.2) is 70.5 Å². The topological polar surface area (TPSA) is 37.3 Å². The Labute approximate surface area is 145 Å². The Morgan fingerprint density at radius 2 is 1.57 bits per heavy atom. The highest BCUT2D eigenvalue weighted by Crippen LogP contribution is 2.54. The van der Waals surface area contributed by atoms with E-state index >= 15 is 0 Å². The van der Waals surface area contributed by atoms with E-state index in [9.17, 15) is 9.90 Å². The molecule has 0 aliphatic heterocycles. The third kappa shape index (κ3) is 4.63. The first-order valence-electron chi connectivity index (χ1n) is 7.80. The molecule has 0 aromatic heterocycles. The van der Waals surface area contributed by atoms with Crippen LogP contribution >= 0.6 is 23.5 Å². The Balaban J connectivity index is 1.50. The third-order valence-electron chi connectivity index (χ3n) is 3.98. The van der Waals surface area contributed by atoms with Crippen LogP contribution in [0.4, 0.5) is 0 Å². The van der Waals surface area contributed by atoms with Gasteiger partial charge in [-0.15, -0.1) is 23.5 Å². The number of thioether (sulfide) groups is 2. The van der Waals surface area contributed by atoms with Gasteiger partial charge in [0.1, 0.15) is 5.78 Å². The zero-order valence-electron chi connectivity index (χ0n) is 12.9. The van der Waals surface area contributed by atoms with E-state index in [1.807, 2.05) is 48.5 Å². The van der Waals surface area contributed by atoms with Crippen molar-refractivity contribution in [2.45, 2.75) is 39.9 Å². The number of hydrogen-bond acceptors (Lipinski definition) is 4. The molecule has 2 aromatic carbocycles. The SMILES string of the molecule is O=C(CSc1ccccc1)C[C@@H](O)C1(Sc2ccccc2)CC1. The second-order valence-electron chi connectivity index (χ2n) is 5.84. The van der Waals surface area contributed by atoms with E-state index in [0.29, 0.717) is 5.75 Å². The zero-order valence-corrected chi connectivity index (χ0v) is 14.5. The van der Waals surface area contributed by atoms with Gasteiger partial charge >= 0.3 is 0 Å². The maximum atomic E-state index is 12.2. The lowest BCUT2D eigenvalue weighted by Crippen LogP contribution is -2.28. The van der Waals surface area contributed by atoms with Gasteiger partial charge in [-0.25, -0.2) is 0 Å². The van der Waals surface area contributed by atoms with Gasteiger partial charge in [0.05, 0.1) is 11.9 Å². The van der Waals surface area contributed by atoms with Crippen molar-refractivity contribution in [2.75, 3.05) is 5.75 Å². The van der Waals surface area contributed by atoms with Gasteiger partial charge in [-0.1, -0.05) is 36.4 Å². The lowest BCUT2D eigenvalue weighted by atomic mass is 10.1. The Morgan fingerprint density at radius 3 is 2.13 bits per heavy atom. The summed E-state index contributed by atoms with van der Waals surface area (Å²) in [5.74, 6) is 0.541. The molecule has 1 aliphatic rings.